The van der Waals surface area contributed by atoms with Gasteiger partial charge in [-0.3, -0.25) is 4.79 Å². The van der Waals surface area contributed by atoms with E-state index in [0.29, 0.717) is 30.2 Å². The number of amides is 1. The maximum Gasteiger partial charge on any atom is 0.254 e. The molecule has 0 saturated carbocycles. The first kappa shape index (κ1) is 22.5. The smallest absolute Gasteiger partial charge is 0.254 e. The average Bonchev–Trinajstić information content (AvgIpc) is 3.40. The molecule has 0 saturated heterocycles. The van der Waals surface area contributed by atoms with Crippen molar-refractivity contribution in [3.05, 3.63) is 125 Å². The van der Waals surface area contributed by atoms with Crippen molar-refractivity contribution in [3.8, 4) is 17.2 Å². The van der Waals surface area contributed by atoms with Crippen molar-refractivity contribution < 1.29 is 19.0 Å². The van der Waals surface area contributed by atoms with Crippen LogP contribution < -0.4 is 14.2 Å². The van der Waals surface area contributed by atoms with E-state index in [0.717, 1.165) is 22.4 Å². The summed E-state index contributed by atoms with van der Waals surface area (Å²) in [4.78, 5) is 15.6. The molecule has 1 amide bonds. The highest BCUT2D eigenvalue weighted by molar-refractivity contribution is 5.95. The summed E-state index contributed by atoms with van der Waals surface area (Å²) >= 11 is 0. The van der Waals surface area contributed by atoms with E-state index in [2.05, 4.69) is 6.92 Å². The van der Waals surface area contributed by atoms with Gasteiger partial charge in [0.15, 0.2) is 11.5 Å². The number of nitrogens with zero attached hydrogens (tertiary/aromatic N) is 1. The van der Waals surface area contributed by atoms with Gasteiger partial charge < -0.3 is 19.1 Å². The quantitative estimate of drug-likeness (QED) is 0.302. The van der Waals surface area contributed by atoms with E-state index < -0.39 is 0 Å². The summed E-state index contributed by atoms with van der Waals surface area (Å²) in [6.07, 6.45) is 0. The zero-order chi connectivity index (χ0) is 24.0. The van der Waals surface area contributed by atoms with Crippen LogP contribution in [0.1, 0.15) is 40.0 Å². The molecule has 176 valence electrons. The van der Waals surface area contributed by atoms with Gasteiger partial charge in [0.25, 0.3) is 5.91 Å². The fraction of sp³-hybridized carbons (Fsp3) is 0.167. The first-order valence-electron chi connectivity index (χ1n) is 11.7. The number of hydrogen-bond donors (Lipinski definition) is 0. The van der Waals surface area contributed by atoms with Crippen molar-refractivity contribution in [2.24, 2.45) is 0 Å². The summed E-state index contributed by atoms with van der Waals surface area (Å²) in [7, 11) is 0. The van der Waals surface area contributed by atoms with E-state index in [4.69, 9.17) is 14.2 Å². The molecule has 1 atom stereocenters. The highest BCUT2D eigenvalue weighted by Gasteiger charge is 2.25. The van der Waals surface area contributed by atoms with Gasteiger partial charge in [-0.25, -0.2) is 0 Å². The third-order valence-corrected chi connectivity index (χ3v) is 6.15. The molecule has 0 aliphatic carbocycles. The lowest BCUT2D eigenvalue weighted by atomic mass is 10.0. The van der Waals surface area contributed by atoms with Crippen molar-refractivity contribution in [2.75, 3.05) is 6.79 Å². The van der Waals surface area contributed by atoms with Gasteiger partial charge >= 0.3 is 0 Å². The highest BCUT2D eigenvalue weighted by atomic mass is 16.7. The van der Waals surface area contributed by atoms with E-state index in [1.54, 1.807) is 18.2 Å². The third-order valence-electron chi connectivity index (χ3n) is 6.15. The molecule has 1 heterocycles. The molecule has 4 aromatic carbocycles. The topological polar surface area (TPSA) is 48.0 Å². The van der Waals surface area contributed by atoms with Crippen LogP contribution in [-0.4, -0.2) is 17.6 Å². The summed E-state index contributed by atoms with van der Waals surface area (Å²) in [5.41, 5.74) is 3.78. The van der Waals surface area contributed by atoms with Crippen molar-refractivity contribution in [1.82, 2.24) is 4.90 Å². The molecular weight excluding hydrogens is 438 g/mol. The fourth-order valence-electron chi connectivity index (χ4n) is 4.12. The molecule has 5 heteroatoms. The molecule has 1 unspecified atom stereocenters. The highest BCUT2D eigenvalue weighted by Crippen LogP contribution is 2.34. The molecule has 0 spiro atoms. The number of rotatable bonds is 8. The Morgan fingerprint density at radius 2 is 1.51 bits per heavy atom. The Labute approximate surface area is 205 Å². The molecule has 4 aromatic rings. The first-order chi connectivity index (χ1) is 17.2. The van der Waals surface area contributed by atoms with E-state index in [-0.39, 0.29) is 18.7 Å². The third kappa shape index (κ3) is 5.30. The molecule has 0 N–H and O–H groups in total. The fourth-order valence-corrected chi connectivity index (χ4v) is 4.12. The van der Waals surface area contributed by atoms with Gasteiger partial charge in [0.2, 0.25) is 6.79 Å². The van der Waals surface area contributed by atoms with E-state index in [1.807, 2.05) is 89.8 Å². The lowest BCUT2D eigenvalue weighted by Crippen LogP contribution is -2.33. The largest absolute Gasteiger partial charge is 0.489 e. The Morgan fingerprint density at radius 1 is 0.829 bits per heavy atom. The molecular formula is C30H27NO4. The van der Waals surface area contributed by atoms with Crippen LogP contribution >= 0.6 is 0 Å². The van der Waals surface area contributed by atoms with Crippen molar-refractivity contribution in [2.45, 2.75) is 26.1 Å². The molecule has 5 rings (SSSR count). The molecule has 5 nitrogen and oxygen atoms in total. The van der Waals surface area contributed by atoms with Crippen LogP contribution in [-0.2, 0) is 13.2 Å². The second-order valence-electron chi connectivity index (χ2n) is 8.51. The Bertz CT molecular complexity index is 1270. The molecule has 0 fully saturated rings. The minimum atomic E-state index is -0.122. The molecule has 0 aromatic heterocycles. The number of carbonyl (C=O) groups is 1. The predicted molar refractivity (Wildman–Crippen MR) is 135 cm³/mol. The molecule has 0 bridgehead atoms. The monoisotopic (exact) mass is 465 g/mol. The maximum absolute atomic E-state index is 13.7. The zero-order valence-corrected chi connectivity index (χ0v) is 19.6. The average molecular weight is 466 g/mol. The van der Waals surface area contributed by atoms with Crippen LogP contribution in [0.15, 0.2) is 103 Å². The Kier molecular flexibility index (Phi) is 6.66. The zero-order valence-electron chi connectivity index (χ0n) is 19.6. The van der Waals surface area contributed by atoms with Crippen molar-refractivity contribution in [3.63, 3.8) is 0 Å². The first-order valence-corrected chi connectivity index (χ1v) is 11.7. The lowest BCUT2D eigenvalue weighted by Gasteiger charge is -2.30. The molecule has 0 radical (unpaired) electrons. The summed E-state index contributed by atoms with van der Waals surface area (Å²) in [5, 5.41) is 0. The Balaban J connectivity index is 1.35. The van der Waals surface area contributed by atoms with Crippen LogP contribution in [0.3, 0.4) is 0 Å². The minimum absolute atomic E-state index is 0.0657. The van der Waals surface area contributed by atoms with Crippen LogP contribution in [0.4, 0.5) is 0 Å². The van der Waals surface area contributed by atoms with Crippen molar-refractivity contribution >= 4 is 5.91 Å². The van der Waals surface area contributed by atoms with Gasteiger partial charge in [-0.1, -0.05) is 72.8 Å². The van der Waals surface area contributed by atoms with Gasteiger partial charge in [0.05, 0.1) is 6.04 Å². The Morgan fingerprint density at radius 3 is 2.26 bits per heavy atom. The SMILES string of the molecule is CC(c1ccccc1)N(Cc1ccc(OCc2ccccc2)cc1)C(=O)c1ccc2c(c1)OCO2. The van der Waals surface area contributed by atoms with E-state index in [1.165, 1.54) is 0 Å². The number of carbonyl (C=O) groups excluding carboxylic acids is 1. The van der Waals surface area contributed by atoms with E-state index in [9.17, 15) is 4.79 Å². The standard InChI is InChI=1S/C30H27NO4/c1-22(25-10-6-3-7-11-25)31(30(32)26-14-17-28-29(18-26)35-21-34-28)19-23-12-15-27(16-13-23)33-20-24-8-4-2-5-9-24/h2-18,22H,19-21H2,1H3. The number of fused-ring (bicyclic) bond motifs is 1. The number of benzene rings is 4. The molecule has 1 aliphatic rings. The second kappa shape index (κ2) is 10.3. The van der Waals surface area contributed by atoms with Crippen LogP contribution in [0, 0.1) is 0 Å². The van der Waals surface area contributed by atoms with Gasteiger partial charge in [0, 0.05) is 12.1 Å². The predicted octanol–water partition coefficient (Wildman–Crippen LogP) is 6.40. The van der Waals surface area contributed by atoms with Gasteiger partial charge in [-0.2, -0.15) is 0 Å². The summed E-state index contributed by atoms with van der Waals surface area (Å²) in [5.74, 6) is 1.99. The summed E-state index contributed by atoms with van der Waals surface area (Å²) in [6, 6.07) is 33.3. The Hall–Kier alpha value is -4.25. The van der Waals surface area contributed by atoms with Gasteiger partial charge in [-0.05, 0) is 53.9 Å². The van der Waals surface area contributed by atoms with E-state index >= 15 is 0 Å². The van der Waals surface area contributed by atoms with Gasteiger partial charge in [-0.15, -0.1) is 0 Å². The second-order valence-corrected chi connectivity index (χ2v) is 8.51. The summed E-state index contributed by atoms with van der Waals surface area (Å²) in [6.45, 7) is 3.20. The minimum Gasteiger partial charge on any atom is -0.489 e. The molecule has 35 heavy (non-hydrogen) atoms. The number of ether oxygens (including phenoxy) is 3. The van der Waals surface area contributed by atoms with Gasteiger partial charge in [0.1, 0.15) is 12.4 Å². The van der Waals surface area contributed by atoms with Crippen molar-refractivity contribution in [1.29, 1.82) is 0 Å². The maximum atomic E-state index is 13.7. The normalized spacial score (nSPS) is 12.7. The lowest BCUT2D eigenvalue weighted by molar-refractivity contribution is 0.0673. The summed E-state index contributed by atoms with van der Waals surface area (Å²) < 4.78 is 16.8. The van der Waals surface area contributed by atoms with Crippen LogP contribution in [0.2, 0.25) is 0 Å². The van der Waals surface area contributed by atoms with Crippen LogP contribution in [0.25, 0.3) is 0 Å². The molecule has 1 aliphatic heterocycles. The number of hydrogen-bond acceptors (Lipinski definition) is 4. The van der Waals surface area contributed by atoms with Crippen LogP contribution in [0.5, 0.6) is 17.2 Å².